The molecule has 0 fully saturated rings. The van der Waals surface area contributed by atoms with Gasteiger partial charge in [0, 0.05) is 44.1 Å². The molecule has 2 aliphatic rings. The summed E-state index contributed by atoms with van der Waals surface area (Å²) in [5, 5.41) is 7.53. The van der Waals surface area contributed by atoms with Crippen LogP contribution in [0.25, 0.3) is 38.6 Å². The van der Waals surface area contributed by atoms with E-state index in [1.54, 1.807) is 0 Å². The normalized spacial score (nSPS) is 14.6. The van der Waals surface area contributed by atoms with Gasteiger partial charge >= 0.3 is 0 Å². The molecule has 8 aromatic carbocycles. The van der Waals surface area contributed by atoms with Crippen LogP contribution in [0.1, 0.15) is 25.0 Å². The van der Waals surface area contributed by atoms with Gasteiger partial charge in [0.15, 0.2) is 8.07 Å². The lowest BCUT2D eigenvalue weighted by Gasteiger charge is -2.41. The standard InChI is InChI=1S/C51H37NO2Si/c1-51(2)41-25-11-14-29-45(41)53-49-39(24-17-26-42(49)51)40-32-34(52-43-27-12-9-22-37(43)38-23-10-13-28-44(38)52)33-48-50(40)54-46-30-15-16-31-47(46)55(48,35-18-5-3-6-19-35)36-20-7-4-8-21-36/h3-33H,1-2H3. The van der Waals surface area contributed by atoms with E-state index in [0.29, 0.717) is 0 Å². The lowest BCUT2D eigenvalue weighted by molar-refractivity contribution is 0.419. The van der Waals surface area contributed by atoms with Crippen LogP contribution in [0.3, 0.4) is 0 Å². The summed E-state index contributed by atoms with van der Waals surface area (Å²) in [5.74, 6) is 3.55. The maximum atomic E-state index is 7.29. The van der Waals surface area contributed by atoms with Crippen molar-refractivity contribution in [3.05, 3.63) is 199 Å². The van der Waals surface area contributed by atoms with Gasteiger partial charge in [0.1, 0.15) is 23.0 Å². The highest BCUT2D eigenvalue weighted by Crippen LogP contribution is 2.53. The second-order valence-corrected chi connectivity index (χ2v) is 19.0. The quantitative estimate of drug-likeness (QED) is 0.169. The van der Waals surface area contributed by atoms with E-state index in [4.69, 9.17) is 9.47 Å². The minimum absolute atomic E-state index is 0.273. The first-order valence-electron chi connectivity index (χ1n) is 19.0. The van der Waals surface area contributed by atoms with Crippen molar-refractivity contribution in [2.24, 2.45) is 0 Å². The van der Waals surface area contributed by atoms with Crippen molar-refractivity contribution in [1.82, 2.24) is 4.57 Å². The summed E-state index contributed by atoms with van der Waals surface area (Å²) in [6.07, 6.45) is 0. The molecule has 0 aliphatic carbocycles. The number of hydrogen-bond donors (Lipinski definition) is 0. The smallest absolute Gasteiger partial charge is 0.188 e. The lowest BCUT2D eigenvalue weighted by Crippen LogP contribution is -2.76. The summed E-state index contributed by atoms with van der Waals surface area (Å²) in [4.78, 5) is 0. The number of nitrogens with zero attached hydrogens (tertiary/aromatic N) is 1. The van der Waals surface area contributed by atoms with Gasteiger partial charge < -0.3 is 14.0 Å². The molecule has 0 unspecified atom stereocenters. The molecular formula is C51H37NO2Si. The van der Waals surface area contributed by atoms with Crippen LogP contribution in [0.5, 0.6) is 23.0 Å². The van der Waals surface area contributed by atoms with E-state index in [-0.39, 0.29) is 5.41 Å². The molecule has 3 nitrogen and oxygen atoms in total. The highest BCUT2D eigenvalue weighted by molar-refractivity contribution is 7.20. The molecule has 3 heterocycles. The van der Waals surface area contributed by atoms with E-state index in [9.17, 15) is 0 Å². The van der Waals surface area contributed by atoms with Crippen LogP contribution in [-0.2, 0) is 5.41 Å². The summed E-state index contributed by atoms with van der Waals surface area (Å²) in [5.41, 5.74) is 7.52. The number of rotatable bonds is 4. The van der Waals surface area contributed by atoms with Crippen molar-refractivity contribution in [1.29, 1.82) is 0 Å². The maximum absolute atomic E-state index is 7.29. The third-order valence-corrected chi connectivity index (χ3v) is 16.8. The van der Waals surface area contributed by atoms with Crippen LogP contribution in [0, 0.1) is 0 Å². The largest absolute Gasteiger partial charge is 0.457 e. The fourth-order valence-electron chi connectivity index (χ4n) is 9.50. The average molecular weight is 724 g/mol. The van der Waals surface area contributed by atoms with Gasteiger partial charge in [-0.05, 0) is 57.1 Å². The van der Waals surface area contributed by atoms with Gasteiger partial charge in [0.2, 0.25) is 0 Å². The summed E-state index contributed by atoms with van der Waals surface area (Å²) in [6, 6.07) is 68.3. The second kappa shape index (κ2) is 11.9. The molecule has 0 radical (unpaired) electrons. The molecule has 55 heavy (non-hydrogen) atoms. The Balaban J connectivity index is 1.32. The fraction of sp³-hybridized carbons (Fsp3) is 0.0588. The zero-order chi connectivity index (χ0) is 36.7. The molecule has 11 rings (SSSR count). The summed E-state index contributed by atoms with van der Waals surface area (Å²) in [7, 11) is -3.02. The molecule has 0 spiro atoms. The van der Waals surface area contributed by atoms with Crippen LogP contribution in [0.2, 0.25) is 0 Å². The first-order valence-corrected chi connectivity index (χ1v) is 21.0. The maximum Gasteiger partial charge on any atom is 0.188 e. The van der Waals surface area contributed by atoms with Crippen LogP contribution in [-0.4, -0.2) is 12.6 Å². The van der Waals surface area contributed by atoms with E-state index >= 15 is 0 Å². The molecule has 0 amide bonds. The van der Waals surface area contributed by atoms with Gasteiger partial charge in [-0.3, -0.25) is 0 Å². The highest BCUT2D eigenvalue weighted by atomic mass is 28.3. The van der Waals surface area contributed by atoms with Crippen LogP contribution < -0.4 is 30.2 Å². The molecule has 4 heteroatoms. The zero-order valence-corrected chi connectivity index (χ0v) is 31.7. The fourth-order valence-corrected chi connectivity index (χ4v) is 14.5. The van der Waals surface area contributed by atoms with E-state index in [0.717, 1.165) is 45.4 Å². The number of fused-ring (bicyclic) bond motifs is 7. The van der Waals surface area contributed by atoms with Crippen LogP contribution in [0.15, 0.2) is 188 Å². The Bertz CT molecular complexity index is 2870. The molecule has 9 aromatic rings. The van der Waals surface area contributed by atoms with E-state index in [1.165, 1.54) is 48.1 Å². The van der Waals surface area contributed by atoms with Crippen LogP contribution >= 0.6 is 0 Å². The average Bonchev–Trinajstić information content (AvgIpc) is 3.57. The predicted octanol–water partition coefficient (Wildman–Crippen LogP) is 10.4. The number of benzene rings is 8. The third-order valence-electron chi connectivity index (χ3n) is 12.0. The Labute approximate surface area is 321 Å². The molecule has 0 bridgehead atoms. The Morgan fingerprint density at radius 2 is 0.982 bits per heavy atom. The van der Waals surface area contributed by atoms with Gasteiger partial charge in [0.25, 0.3) is 0 Å². The van der Waals surface area contributed by atoms with E-state index < -0.39 is 8.07 Å². The van der Waals surface area contributed by atoms with E-state index in [2.05, 4.69) is 206 Å². The number of aromatic nitrogens is 1. The number of para-hydroxylation sites is 5. The van der Waals surface area contributed by atoms with Gasteiger partial charge in [-0.1, -0.05) is 166 Å². The second-order valence-electron chi connectivity index (χ2n) is 15.2. The summed E-state index contributed by atoms with van der Waals surface area (Å²) < 4.78 is 16.7. The van der Waals surface area contributed by atoms with Crippen molar-refractivity contribution in [2.45, 2.75) is 19.3 Å². The molecule has 1 aromatic heterocycles. The van der Waals surface area contributed by atoms with Gasteiger partial charge in [-0.2, -0.15) is 0 Å². The zero-order valence-electron chi connectivity index (χ0n) is 30.7. The van der Waals surface area contributed by atoms with Crippen molar-refractivity contribution < 1.29 is 9.47 Å². The predicted molar refractivity (Wildman–Crippen MR) is 229 cm³/mol. The molecule has 0 atom stereocenters. The molecular weight excluding hydrogens is 687 g/mol. The Kier molecular flexibility index (Phi) is 6.92. The summed E-state index contributed by atoms with van der Waals surface area (Å²) >= 11 is 0. The number of hydrogen-bond acceptors (Lipinski definition) is 2. The van der Waals surface area contributed by atoms with E-state index in [1.807, 2.05) is 0 Å². The van der Waals surface area contributed by atoms with Gasteiger partial charge in [0.05, 0.1) is 11.0 Å². The molecule has 0 saturated heterocycles. The third kappa shape index (κ3) is 4.49. The van der Waals surface area contributed by atoms with Gasteiger partial charge in [-0.25, -0.2) is 0 Å². The first kappa shape index (κ1) is 31.9. The van der Waals surface area contributed by atoms with Crippen molar-refractivity contribution in [3.63, 3.8) is 0 Å². The molecule has 2 aliphatic heterocycles. The van der Waals surface area contributed by atoms with Crippen LogP contribution in [0.4, 0.5) is 0 Å². The SMILES string of the molecule is CC1(C)c2ccccc2Oc2c(-c3cc(-n4c5ccccc5c5ccccc54)cc4c3Oc3ccccc3[Si]4(c3ccccc3)c3ccccc3)cccc21. The minimum Gasteiger partial charge on any atom is -0.457 e. The van der Waals surface area contributed by atoms with Crippen molar-refractivity contribution >= 4 is 50.6 Å². The minimum atomic E-state index is -3.02. The van der Waals surface area contributed by atoms with Gasteiger partial charge in [-0.15, -0.1) is 0 Å². The first-order chi connectivity index (χ1) is 27.0. The Morgan fingerprint density at radius 3 is 1.67 bits per heavy atom. The van der Waals surface area contributed by atoms with Crippen molar-refractivity contribution in [2.75, 3.05) is 0 Å². The molecule has 0 N–H and O–H groups in total. The summed E-state index contributed by atoms with van der Waals surface area (Å²) in [6.45, 7) is 4.60. The van der Waals surface area contributed by atoms with Crippen molar-refractivity contribution in [3.8, 4) is 39.8 Å². The Morgan fingerprint density at radius 1 is 0.436 bits per heavy atom. The topological polar surface area (TPSA) is 23.4 Å². The highest BCUT2D eigenvalue weighted by Gasteiger charge is 2.49. The monoisotopic (exact) mass is 723 g/mol. The number of ether oxygens (including phenoxy) is 2. The Hall–Kier alpha value is -6.62. The lowest BCUT2D eigenvalue weighted by atomic mass is 9.75. The molecule has 0 saturated carbocycles. The molecule has 262 valence electrons.